The standard InChI is InChI=1S/C18H26N4O2/c23-17-12-16(14-22(17)13-15-4-2-1-3-5-15)18(24)20-8-11-21-9-6-19-7-10-21/h1-5,16,19H,6-14H2,(H,20,24). The molecule has 2 aliphatic rings. The maximum absolute atomic E-state index is 12.3. The maximum atomic E-state index is 12.3. The van der Waals surface area contributed by atoms with Crippen molar-refractivity contribution in [2.75, 3.05) is 45.8 Å². The van der Waals surface area contributed by atoms with E-state index in [9.17, 15) is 9.59 Å². The normalized spacial score (nSPS) is 21.9. The number of piperazine rings is 1. The highest BCUT2D eigenvalue weighted by Crippen LogP contribution is 2.20. The van der Waals surface area contributed by atoms with Crippen LogP contribution in [-0.4, -0.2) is 67.4 Å². The van der Waals surface area contributed by atoms with Crippen LogP contribution < -0.4 is 10.6 Å². The Morgan fingerprint density at radius 3 is 2.71 bits per heavy atom. The fourth-order valence-corrected chi connectivity index (χ4v) is 3.32. The van der Waals surface area contributed by atoms with Crippen molar-refractivity contribution in [3.8, 4) is 0 Å². The SMILES string of the molecule is O=C(NCCN1CCNCC1)C1CC(=O)N(Cc2ccccc2)C1. The topological polar surface area (TPSA) is 64.7 Å². The number of carbonyl (C=O) groups is 2. The van der Waals surface area contributed by atoms with E-state index in [-0.39, 0.29) is 17.7 Å². The van der Waals surface area contributed by atoms with Gasteiger partial charge < -0.3 is 15.5 Å². The molecule has 0 radical (unpaired) electrons. The zero-order valence-electron chi connectivity index (χ0n) is 14.0. The van der Waals surface area contributed by atoms with Gasteiger partial charge in [0.05, 0.1) is 5.92 Å². The van der Waals surface area contributed by atoms with Gasteiger partial charge in [-0.1, -0.05) is 30.3 Å². The van der Waals surface area contributed by atoms with E-state index < -0.39 is 0 Å². The van der Waals surface area contributed by atoms with Crippen LogP contribution in [0.5, 0.6) is 0 Å². The summed E-state index contributed by atoms with van der Waals surface area (Å²) in [5.74, 6) is -0.139. The Morgan fingerprint density at radius 1 is 1.21 bits per heavy atom. The van der Waals surface area contributed by atoms with E-state index in [1.165, 1.54) is 0 Å². The van der Waals surface area contributed by atoms with Gasteiger partial charge in [0.15, 0.2) is 0 Å². The van der Waals surface area contributed by atoms with E-state index in [4.69, 9.17) is 0 Å². The number of nitrogens with zero attached hydrogens (tertiary/aromatic N) is 2. The number of carbonyl (C=O) groups excluding carboxylic acids is 2. The lowest BCUT2D eigenvalue weighted by Gasteiger charge is -2.27. The lowest BCUT2D eigenvalue weighted by Crippen LogP contribution is -2.46. The molecular formula is C18H26N4O2. The van der Waals surface area contributed by atoms with Crippen molar-refractivity contribution in [1.82, 2.24) is 20.4 Å². The van der Waals surface area contributed by atoms with Crippen LogP contribution >= 0.6 is 0 Å². The van der Waals surface area contributed by atoms with E-state index in [1.54, 1.807) is 4.90 Å². The minimum atomic E-state index is -0.218. The molecule has 1 aromatic carbocycles. The van der Waals surface area contributed by atoms with Gasteiger partial charge in [-0.15, -0.1) is 0 Å². The van der Waals surface area contributed by atoms with Crippen LogP contribution in [-0.2, 0) is 16.1 Å². The van der Waals surface area contributed by atoms with Crippen molar-refractivity contribution in [1.29, 1.82) is 0 Å². The van der Waals surface area contributed by atoms with Crippen LogP contribution in [0.2, 0.25) is 0 Å². The predicted octanol–water partition coefficient (Wildman–Crippen LogP) is 0.0565. The first kappa shape index (κ1) is 16.9. The summed E-state index contributed by atoms with van der Waals surface area (Å²) in [5, 5.41) is 6.31. The molecule has 6 heteroatoms. The van der Waals surface area contributed by atoms with Crippen LogP contribution in [0.3, 0.4) is 0 Å². The quantitative estimate of drug-likeness (QED) is 0.774. The monoisotopic (exact) mass is 330 g/mol. The fourth-order valence-electron chi connectivity index (χ4n) is 3.32. The fraction of sp³-hybridized carbons (Fsp3) is 0.556. The number of nitrogens with one attached hydrogen (secondary N) is 2. The third-order valence-electron chi connectivity index (χ3n) is 4.74. The van der Waals surface area contributed by atoms with Crippen molar-refractivity contribution in [2.24, 2.45) is 5.92 Å². The van der Waals surface area contributed by atoms with Crippen molar-refractivity contribution in [3.63, 3.8) is 0 Å². The molecule has 130 valence electrons. The van der Waals surface area contributed by atoms with Gasteiger partial charge in [0, 0.05) is 58.8 Å². The molecule has 2 N–H and O–H groups in total. The molecule has 0 spiro atoms. The van der Waals surface area contributed by atoms with Crippen LogP contribution in [0.1, 0.15) is 12.0 Å². The molecule has 24 heavy (non-hydrogen) atoms. The molecule has 1 unspecified atom stereocenters. The highest BCUT2D eigenvalue weighted by molar-refractivity contribution is 5.89. The summed E-state index contributed by atoms with van der Waals surface area (Å²) in [5.41, 5.74) is 1.10. The molecule has 3 rings (SSSR count). The Morgan fingerprint density at radius 2 is 1.96 bits per heavy atom. The summed E-state index contributed by atoms with van der Waals surface area (Å²) in [7, 11) is 0. The number of hydrogen-bond donors (Lipinski definition) is 2. The highest BCUT2D eigenvalue weighted by atomic mass is 16.2. The van der Waals surface area contributed by atoms with Crippen molar-refractivity contribution in [2.45, 2.75) is 13.0 Å². The second-order valence-corrected chi connectivity index (χ2v) is 6.54. The first-order chi connectivity index (χ1) is 11.7. The summed E-state index contributed by atoms with van der Waals surface area (Å²) < 4.78 is 0. The van der Waals surface area contributed by atoms with Crippen molar-refractivity contribution >= 4 is 11.8 Å². The second kappa shape index (κ2) is 8.26. The molecule has 2 heterocycles. The smallest absolute Gasteiger partial charge is 0.225 e. The molecule has 0 aromatic heterocycles. The van der Waals surface area contributed by atoms with Crippen LogP contribution in [0, 0.1) is 5.92 Å². The van der Waals surface area contributed by atoms with Crippen molar-refractivity contribution in [3.05, 3.63) is 35.9 Å². The summed E-state index contributed by atoms with van der Waals surface area (Å²) in [6, 6.07) is 9.92. The highest BCUT2D eigenvalue weighted by Gasteiger charge is 2.34. The van der Waals surface area contributed by atoms with E-state index in [2.05, 4.69) is 15.5 Å². The van der Waals surface area contributed by atoms with Gasteiger partial charge in [-0.2, -0.15) is 0 Å². The molecule has 0 aliphatic carbocycles. The minimum Gasteiger partial charge on any atom is -0.355 e. The van der Waals surface area contributed by atoms with E-state index in [0.717, 1.165) is 38.3 Å². The number of hydrogen-bond acceptors (Lipinski definition) is 4. The molecule has 1 aromatic rings. The van der Waals surface area contributed by atoms with Gasteiger partial charge in [0.25, 0.3) is 0 Å². The Bertz CT molecular complexity index is 557. The molecule has 2 aliphatic heterocycles. The average molecular weight is 330 g/mol. The first-order valence-corrected chi connectivity index (χ1v) is 8.75. The average Bonchev–Trinajstić information content (AvgIpc) is 2.97. The second-order valence-electron chi connectivity index (χ2n) is 6.54. The number of amides is 2. The third-order valence-corrected chi connectivity index (χ3v) is 4.74. The Kier molecular flexibility index (Phi) is 5.82. The maximum Gasteiger partial charge on any atom is 0.225 e. The zero-order valence-corrected chi connectivity index (χ0v) is 14.0. The van der Waals surface area contributed by atoms with Gasteiger partial charge in [0.2, 0.25) is 11.8 Å². The van der Waals surface area contributed by atoms with Crippen LogP contribution in [0.4, 0.5) is 0 Å². The summed E-state index contributed by atoms with van der Waals surface area (Å²) in [4.78, 5) is 28.6. The Labute approximate surface area is 143 Å². The van der Waals surface area contributed by atoms with E-state index in [0.29, 0.717) is 26.1 Å². The van der Waals surface area contributed by atoms with Crippen LogP contribution in [0.25, 0.3) is 0 Å². The first-order valence-electron chi connectivity index (χ1n) is 8.75. The Balaban J connectivity index is 1.42. The van der Waals surface area contributed by atoms with Gasteiger partial charge in [-0.05, 0) is 5.56 Å². The van der Waals surface area contributed by atoms with E-state index >= 15 is 0 Å². The lowest BCUT2D eigenvalue weighted by atomic mass is 10.1. The predicted molar refractivity (Wildman–Crippen MR) is 92.3 cm³/mol. The number of rotatable bonds is 6. The molecule has 2 amide bonds. The molecule has 2 fully saturated rings. The molecular weight excluding hydrogens is 304 g/mol. The zero-order chi connectivity index (χ0) is 16.8. The lowest BCUT2D eigenvalue weighted by molar-refractivity contribution is -0.129. The summed E-state index contributed by atoms with van der Waals surface area (Å²) >= 11 is 0. The Hall–Kier alpha value is -1.92. The minimum absolute atomic E-state index is 0.00838. The van der Waals surface area contributed by atoms with Gasteiger partial charge in [-0.3, -0.25) is 14.5 Å². The molecule has 0 bridgehead atoms. The third kappa shape index (κ3) is 4.55. The number of likely N-dealkylation sites (tertiary alicyclic amines) is 1. The summed E-state index contributed by atoms with van der Waals surface area (Å²) in [6.45, 7) is 6.73. The molecule has 6 nitrogen and oxygen atoms in total. The van der Waals surface area contributed by atoms with Crippen molar-refractivity contribution < 1.29 is 9.59 Å². The molecule has 2 saturated heterocycles. The van der Waals surface area contributed by atoms with Crippen LogP contribution in [0.15, 0.2) is 30.3 Å². The van der Waals surface area contributed by atoms with E-state index in [1.807, 2.05) is 30.3 Å². The van der Waals surface area contributed by atoms with Gasteiger partial charge in [-0.25, -0.2) is 0 Å². The molecule has 1 atom stereocenters. The summed E-state index contributed by atoms with van der Waals surface area (Å²) in [6.07, 6.45) is 0.326. The number of benzene rings is 1. The van der Waals surface area contributed by atoms with Gasteiger partial charge >= 0.3 is 0 Å². The molecule has 0 saturated carbocycles. The largest absolute Gasteiger partial charge is 0.355 e. The van der Waals surface area contributed by atoms with Gasteiger partial charge in [0.1, 0.15) is 0 Å².